The van der Waals surface area contributed by atoms with Crippen molar-refractivity contribution in [2.75, 3.05) is 14.2 Å². The molecule has 3 aromatic rings. The Bertz CT molecular complexity index is 1300. The van der Waals surface area contributed by atoms with Crippen molar-refractivity contribution in [3.63, 3.8) is 0 Å². The van der Waals surface area contributed by atoms with Gasteiger partial charge in [-0.25, -0.2) is 4.98 Å². The number of benzene rings is 2. The van der Waals surface area contributed by atoms with E-state index in [-0.39, 0.29) is 17.1 Å². The first kappa shape index (κ1) is 21.5. The van der Waals surface area contributed by atoms with E-state index in [1.54, 1.807) is 25.6 Å². The van der Waals surface area contributed by atoms with E-state index in [1.165, 1.54) is 0 Å². The van der Waals surface area contributed by atoms with E-state index in [4.69, 9.17) is 24.9 Å². The van der Waals surface area contributed by atoms with E-state index < -0.39 is 5.92 Å². The molecule has 0 saturated heterocycles. The highest BCUT2D eigenvalue weighted by atomic mass is 32.1. The predicted molar refractivity (Wildman–Crippen MR) is 129 cm³/mol. The highest BCUT2D eigenvalue weighted by molar-refractivity contribution is 7.19. The molecule has 170 valence electrons. The van der Waals surface area contributed by atoms with Crippen LogP contribution in [0.15, 0.2) is 59.7 Å². The Morgan fingerprint density at radius 1 is 1.06 bits per heavy atom. The molecule has 33 heavy (non-hydrogen) atoms. The van der Waals surface area contributed by atoms with Crippen LogP contribution in [0, 0.1) is 5.41 Å². The molecule has 2 N–H and O–H groups in total. The standard InChI is InChI=1S/C26H26N2O4S/c1-26(2)12-16(29)22-19(13-26)32-24(27)23(25-28-15-7-5-6-8-20(15)33-25)21(22)14-9-10-17(30-3)18(11-14)31-4/h5-11,21H,12-13,27H2,1-4H3. The number of allylic oxidation sites excluding steroid dienone is 3. The van der Waals surface area contributed by atoms with Crippen molar-refractivity contribution in [2.24, 2.45) is 11.1 Å². The van der Waals surface area contributed by atoms with E-state index in [0.717, 1.165) is 26.4 Å². The van der Waals surface area contributed by atoms with Gasteiger partial charge in [-0.05, 0) is 35.2 Å². The number of ketones is 1. The third-order valence-corrected chi connectivity index (χ3v) is 7.29. The van der Waals surface area contributed by atoms with Crippen LogP contribution in [-0.4, -0.2) is 25.0 Å². The molecule has 1 atom stereocenters. The van der Waals surface area contributed by atoms with Crippen molar-refractivity contribution >= 4 is 32.9 Å². The van der Waals surface area contributed by atoms with Crippen LogP contribution in [-0.2, 0) is 9.53 Å². The molecule has 0 spiro atoms. The van der Waals surface area contributed by atoms with Gasteiger partial charge < -0.3 is 19.9 Å². The van der Waals surface area contributed by atoms with Crippen molar-refractivity contribution in [3.8, 4) is 11.5 Å². The van der Waals surface area contributed by atoms with Gasteiger partial charge >= 0.3 is 0 Å². The fourth-order valence-corrected chi connectivity index (χ4v) is 5.79. The maximum Gasteiger partial charge on any atom is 0.197 e. The number of ether oxygens (including phenoxy) is 3. The number of hydrogen-bond donors (Lipinski definition) is 1. The Morgan fingerprint density at radius 3 is 2.55 bits per heavy atom. The molecule has 6 nitrogen and oxygen atoms in total. The molecule has 0 radical (unpaired) electrons. The number of hydrogen-bond acceptors (Lipinski definition) is 7. The van der Waals surface area contributed by atoms with Crippen LogP contribution in [0.4, 0.5) is 0 Å². The average molecular weight is 463 g/mol. The van der Waals surface area contributed by atoms with E-state index in [1.807, 2.05) is 42.5 Å². The zero-order valence-corrected chi connectivity index (χ0v) is 19.9. The summed E-state index contributed by atoms with van der Waals surface area (Å²) in [7, 11) is 3.20. The largest absolute Gasteiger partial charge is 0.493 e. The van der Waals surface area contributed by atoms with E-state index in [0.29, 0.717) is 35.7 Å². The number of para-hydroxylation sites is 1. The van der Waals surface area contributed by atoms with E-state index in [9.17, 15) is 4.79 Å². The van der Waals surface area contributed by atoms with Crippen LogP contribution in [0.5, 0.6) is 11.5 Å². The van der Waals surface area contributed by atoms with Crippen molar-refractivity contribution in [1.29, 1.82) is 0 Å². The summed E-state index contributed by atoms with van der Waals surface area (Å²) in [6, 6.07) is 13.7. The number of carbonyl (C=O) groups is 1. The molecule has 0 fully saturated rings. The lowest BCUT2D eigenvalue weighted by molar-refractivity contribution is -0.118. The fourth-order valence-electron chi connectivity index (χ4n) is 4.75. The number of thiazole rings is 1. The Balaban J connectivity index is 1.73. The summed E-state index contributed by atoms with van der Waals surface area (Å²) >= 11 is 1.55. The third kappa shape index (κ3) is 3.66. The van der Waals surface area contributed by atoms with Gasteiger partial charge in [0.2, 0.25) is 0 Å². The quantitative estimate of drug-likeness (QED) is 0.559. The summed E-state index contributed by atoms with van der Waals surface area (Å²) < 4.78 is 18.2. The molecule has 2 heterocycles. The molecule has 5 rings (SSSR count). The number of rotatable bonds is 4. The Kier molecular flexibility index (Phi) is 5.16. The average Bonchev–Trinajstić information content (AvgIpc) is 3.20. The summed E-state index contributed by atoms with van der Waals surface area (Å²) in [5.74, 6) is 1.83. The van der Waals surface area contributed by atoms with Gasteiger partial charge in [0.15, 0.2) is 23.2 Å². The molecule has 7 heteroatoms. The molecular formula is C26H26N2O4S. The number of aromatic nitrogens is 1. The normalized spacial score (nSPS) is 20.0. The second-order valence-corrected chi connectivity index (χ2v) is 10.2. The molecular weight excluding hydrogens is 436 g/mol. The highest BCUT2D eigenvalue weighted by Gasteiger charge is 2.44. The zero-order chi connectivity index (χ0) is 23.3. The summed E-state index contributed by atoms with van der Waals surface area (Å²) in [4.78, 5) is 18.3. The second kappa shape index (κ2) is 7.92. The minimum absolute atomic E-state index is 0.0761. The van der Waals surface area contributed by atoms with Gasteiger partial charge in [-0.3, -0.25) is 4.79 Å². The van der Waals surface area contributed by atoms with Gasteiger partial charge in [0.1, 0.15) is 10.8 Å². The Hall–Kier alpha value is -3.32. The summed E-state index contributed by atoms with van der Waals surface area (Å²) in [5, 5.41) is 0.748. The molecule has 0 bridgehead atoms. The van der Waals surface area contributed by atoms with Crippen LogP contribution in [0.3, 0.4) is 0 Å². The molecule has 1 aromatic heterocycles. The first-order valence-electron chi connectivity index (χ1n) is 10.8. The first-order chi connectivity index (χ1) is 15.8. The van der Waals surface area contributed by atoms with Crippen molar-refractivity contribution < 1.29 is 19.0 Å². The van der Waals surface area contributed by atoms with Gasteiger partial charge in [0.05, 0.1) is 30.0 Å². The molecule has 0 saturated carbocycles. The lowest BCUT2D eigenvalue weighted by Gasteiger charge is -2.38. The van der Waals surface area contributed by atoms with Crippen LogP contribution in [0.1, 0.15) is 43.2 Å². The lowest BCUT2D eigenvalue weighted by atomic mass is 9.70. The lowest BCUT2D eigenvalue weighted by Crippen LogP contribution is -2.33. The highest BCUT2D eigenvalue weighted by Crippen LogP contribution is 2.52. The second-order valence-electron chi connectivity index (χ2n) is 9.19. The van der Waals surface area contributed by atoms with Gasteiger partial charge in [-0.1, -0.05) is 32.0 Å². The SMILES string of the molecule is COc1ccc(C2C3=C(CC(C)(C)CC3=O)OC(N)=C2c2nc3ccccc3s2)cc1OC. The van der Waals surface area contributed by atoms with E-state index in [2.05, 4.69) is 13.8 Å². The monoisotopic (exact) mass is 462 g/mol. The smallest absolute Gasteiger partial charge is 0.197 e. The summed E-state index contributed by atoms with van der Waals surface area (Å²) in [5.41, 5.74) is 9.51. The molecule has 2 aliphatic rings. The van der Waals surface area contributed by atoms with E-state index >= 15 is 0 Å². The number of methoxy groups -OCH3 is 2. The summed E-state index contributed by atoms with van der Waals surface area (Å²) in [6.07, 6.45) is 1.09. The topological polar surface area (TPSA) is 83.7 Å². The number of fused-ring (bicyclic) bond motifs is 1. The predicted octanol–water partition coefficient (Wildman–Crippen LogP) is 5.40. The number of nitrogens with two attached hydrogens (primary N) is 1. The van der Waals surface area contributed by atoms with Crippen LogP contribution in [0.25, 0.3) is 15.8 Å². The number of nitrogens with zero attached hydrogens (tertiary/aromatic N) is 1. The zero-order valence-electron chi connectivity index (χ0n) is 19.1. The van der Waals surface area contributed by atoms with Crippen molar-refractivity contribution in [1.82, 2.24) is 4.98 Å². The third-order valence-electron chi connectivity index (χ3n) is 6.22. The molecule has 2 aromatic carbocycles. The van der Waals surface area contributed by atoms with Gasteiger partial charge in [0, 0.05) is 24.3 Å². The van der Waals surface area contributed by atoms with Gasteiger partial charge in [-0.15, -0.1) is 11.3 Å². The minimum atomic E-state index is -0.405. The number of Topliss-reactive ketones (excluding diaryl/α,β-unsaturated/α-hetero) is 1. The number of carbonyl (C=O) groups excluding carboxylic acids is 1. The van der Waals surface area contributed by atoms with Crippen molar-refractivity contribution in [3.05, 3.63) is 70.3 Å². The van der Waals surface area contributed by atoms with Crippen LogP contribution >= 0.6 is 11.3 Å². The van der Waals surface area contributed by atoms with Gasteiger partial charge in [0.25, 0.3) is 0 Å². The molecule has 1 aliphatic heterocycles. The molecule has 0 amide bonds. The van der Waals surface area contributed by atoms with Crippen LogP contribution in [0.2, 0.25) is 0 Å². The maximum absolute atomic E-state index is 13.5. The maximum atomic E-state index is 13.5. The Morgan fingerprint density at radius 2 is 1.82 bits per heavy atom. The summed E-state index contributed by atoms with van der Waals surface area (Å²) in [6.45, 7) is 4.15. The molecule has 1 aliphatic carbocycles. The first-order valence-corrected chi connectivity index (χ1v) is 11.6. The van der Waals surface area contributed by atoms with Crippen LogP contribution < -0.4 is 15.2 Å². The molecule has 1 unspecified atom stereocenters. The minimum Gasteiger partial charge on any atom is -0.493 e. The Labute approximate surface area is 196 Å². The fraction of sp³-hybridized carbons (Fsp3) is 0.308. The van der Waals surface area contributed by atoms with Gasteiger partial charge in [-0.2, -0.15) is 0 Å². The van der Waals surface area contributed by atoms with Crippen molar-refractivity contribution in [2.45, 2.75) is 32.6 Å².